The fourth-order valence-corrected chi connectivity index (χ4v) is 3.01. The SMILES string of the molecule is N#Cc1cc(Nc2ccc(C(F)(F)F)nc2)nc(-c2c(CO)nc3ccc(F)cn23)c1. The van der Waals surface area contributed by atoms with E-state index in [4.69, 9.17) is 0 Å². The zero-order valence-corrected chi connectivity index (χ0v) is 15.5. The molecule has 4 aromatic heterocycles. The Kier molecular flexibility index (Phi) is 5.00. The molecule has 0 bridgehead atoms. The third-order valence-corrected chi connectivity index (χ3v) is 4.33. The number of nitrogens with one attached hydrogen (secondary N) is 1. The fraction of sp³-hybridized carbons (Fsp3) is 0.100. The zero-order valence-electron chi connectivity index (χ0n) is 15.5. The van der Waals surface area contributed by atoms with Gasteiger partial charge >= 0.3 is 6.18 Å². The van der Waals surface area contributed by atoms with Crippen LogP contribution < -0.4 is 5.32 Å². The molecule has 7 nitrogen and oxygen atoms in total. The first-order valence-corrected chi connectivity index (χ1v) is 8.78. The monoisotopic (exact) mass is 428 g/mol. The van der Waals surface area contributed by atoms with Crippen LogP contribution in [0, 0.1) is 17.1 Å². The lowest BCUT2D eigenvalue weighted by molar-refractivity contribution is -0.141. The summed E-state index contributed by atoms with van der Waals surface area (Å²) in [5.74, 6) is -0.396. The molecule has 4 aromatic rings. The standard InChI is InChI=1S/C20H12F4N6O/c21-12-1-4-18-29-15(10-31)19(30(18)9-12)14-5-11(7-25)6-17(28-14)27-13-2-3-16(26-8-13)20(22,23)24/h1-6,8-9,31H,10H2,(H,27,28). The van der Waals surface area contributed by atoms with E-state index in [9.17, 15) is 27.9 Å². The van der Waals surface area contributed by atoms with Crippen LogP contribution in [0.1, 0.15) is 17.0 Å². The van der Waals surface area contributed by atoms with Crippen LogP contribution >= 0.6 is 0 Å². The summed E-state index contributed by atoms with van der Waals surface area (Å²) in [6, 6.07) is 9.44. The van der Waals surface area contributed by atoms with Crippen molar-refractivity contribution in [1.29, 1.82) is 5.26 Å². The van der Waals surface area contributed by atoms with Crippen LogP contribution in [0.3, 0.4) is 0 Å². The molecule has 0 unspecified atom stereocenters. The molecule has 0 fully saturated rings. The third kappa shape index (κ3) is 4.01. The summed E-state index contributed by atoms with van der Waals surface area (Å²) in [5.41, 5.74) is 0.432. The molecule has 0 spiro atoms. The highest BCUT2D eigenvalue weighted by molar-refractivity contribution is 5.69. The highest BCUT2D eigenvalue weighted by Gasteiger charge is 2.32. The Hall–Kier alpha value is -4.04. The van der Waals surface area contributed by atoms with Crippen LogP contribution in [0.5, 0.6) is 0 Å². The molecule has 11 heteroatoms. The number of imidazole rings is 1. The van der Waals surface area contributed by atoms with E-state index in [0.717, 1.165) is 12.3 Å². The second-order valence-electron chi connectivity index (χ2n) is 6.43. The first-order chi connectivity index (χ1) is 14.8. The summed E-state index contributed by atoms with van der Waals surface area (Å²) < 4.78 is 53.3. The molecule has 0 saturated carbocycles. The van der Waals surface area contributed by atoms with Gasteiger partial charge in [-0.15, -0.1) is 0 Å². The van der Waals surface area contributed by atoms with Gasteiger partial charge in [-0.3, -0.25) is 4.40 Å². The molecule has 4 rings (SSSR count). The largest absolute Gasteiger partial charge is 0.433 e. The molecule has 2 N–H and O–H groups in total. The molecule has 0 atom stereocenters. The van der Waals surface area contributed by atoms with E-state index in [2.05, 4.69) is 20.3 Å². The molecule has 0 aliphatic rings. The molecular formula is C20H12F4N6O. The minimum Gasteiger partial charge on any atom is -0.390 e. The minimum atomic E-state index is -4.57. The Balaban J connectivity index is 1.78. The van der Waals surface area contributed by atoms with Gasteiger partial charge in [0.25, 0.3) is 0 Å². The molecule has 4 heterocycles. The maximum Gasteiger partial charge on any atom is 0.433 e. The van der Waals surface area contributed by atoms with Gasteiger partial charge in [0.2, 0.25) is 0 Å². The van der Waals surface area contributed by atoms with Crippen LogP contribution in [0.15, 0.2) is 48.8 Å². The number of alkyl halides is 3. The van der Waals surface area contributed by atoms with Crippen molar-refractivity contribution in [2.75, 3.05) is 5.32 Å². The molecule has 0 aromatic carbocycles. The van der Waals surface area contributed by atoms with Crippen LogP contribution in [-0.2, 0) is 12.8 Å². The molecule has 0 aliphatic heterocycles. The number of halogens is 4. The summed E-state index contributed by atoms with van der Waals surface area (Å²) in [5, 5.41) is 21.9. The molecule has 31 heavy (non-hydrogen) atoms. The normalized spacial score (nSPS) is 11.5. The molecule has 156 valence electrons. The van der Waals surface area contributed by atoms with Gasteiger partial charge in [-0.25, -0.2) is 19.3 Å². The van der Waals surface area contributed by atoms with Crippen molar-refractivity contribution in [3.05, 3.63) is 71.6 Å². The number of aliphatic hydroxyl groups excluding tert-OH is 1. The van der Waals surface area contributed by atoms with Crippen LogP contribution in [0.4, 0.5) is 29.1 Å². The van der Waals surface area contributed by atoms with Gasteiger partial charge < -0.3 is 10.4 Å². The molecule has 0 radical (unpaired) electrons. The van der Waals surface area contributed by atoms with Crippen molar-refractivity contribution >= 4 is 17.2 Å². The summed E-state index contributed by atoms with van der Waals surface area (Å²) >= 11 is 0. The highest BCUT2D eigenvalue weighted by atomic mass is 19.4. The smallest absolute Gasteiger partial charge is 0.390 e. The summed E-state index contributed by atoms with van der Waals surface area (Å²) in [6.07, 6.45) is -2.40. The maximum absolute atomic E-state index is 13.8. The fourth-order valence-electron chi connectivity index (χ4n) is 3.01. The minimum absolute atomic E-state index is 0.144. The quantitative estimate of drug-likeness (QED) is 0.476. The lowest BCUT2D eigenvalue weighted by Gasteiger charge is -2.11. The lowest BCUT2D eigenvalue weighted by Crippen LogP contribution is -2.07. The number of aliphatic hydroxyl groups is 1. The first-order valence-electron chi connectivity index (χ1n) is 8.78. The van der Waals surface area contributed by atoms with E-state index >= 15 is 0 Å². The van der Waals surface area contributed by atoms with E-state index in [-0.39, 0.29) is 34.2 Å². The van der Waals surface area contributed by atoms with Crippen LogP contribution in [0.25, 0.3) is 17.0 Å². The zero-order chi connectivity index (χ0) is 22.2. The van der Waals surface area contributed by atoms with E-state index < -0.39 is 24.3 Å². The number of nitrogens with zero attached hydrogens (tertiary/aromatic N) is 5. The highest BCUT2D eigenvalue weighted by Crippen LogP contribution is 2.30. The number of aromatic nitrogens is 4. The number of nitriles is 1. The average Bonchev–Trinajstić information content (AvgIpc) is 3.11. The number of hydrogen-bond acceptors (Lipinski definition) is 6. The van der Waals surface area contributed by atoms with Crippen molar-refractivity contribution in [2.24, 2.45) is 0 Å². The Morgan fingerprint density at radius 3 is 2.58 bits per heavy atom. The molecule has 0 aliphatic carbocycles. The van der Waals surface area contributed by atoms with Crippen LogP contribution in [-0.4, -0.2) is 24.5 Å². The number of rotatable bonds is 4. The topological polar surface area (TPSA) is 99.1 Å². The van der Waals surface area contributed by atoms with E-state index in [1.165, 1.54) is 40.9 Å². The summed E-state index contributed by atoms with van der Waals surface area (Å²) in [7, 11) is 0. The molecule has 0 amide bonds. The lowest BCUT2D eigenvalue weighted by atomic mass is 10.1. The van der Waals surface area contributed by atoms with E-state index in [0.29, 0.717) is 5.65 Å². The Morgan fingerprint density at radius 1 is 1.13 bits per heavy atom. The van der Waals surface area contributed by atoms with Gasteiger partial charge in [0.1, 0.15) is 23.0 Å². The van der Waals surface area contributed by atoms with E-state index in [1.807, 2.05) is 6.07 Å². The maximum atomic E-state index is 13.8. The third-order valence-electron chi connectivity index (χ3n) is 4.33. The molecule has 0 saturated heterocycles. The predicted octanol–water partition coefficient (Wildman–Crippen LogP) is 4.06. The van der Waals surface area contributed by atoms with Crippen LogP contribution in [0.2, 0.25) is 0 Å². The van der Waals surface area contributed by atoms with Gasteiger partial charge in [-0.05, 0) is 36.4 Å². The second-order valence-corrected chi connectivity index (χ2v) is 6.43. The Bertz CT molecular complexity index is 1310. The van der Waals surface area contributed by atoms with Crippen molar-refractivity contribution in [3.63, 3.8) is 0 Å². The van der Waals surface area contributed by atoms with Crippen molar-refractivity contribution in [2.45, 2.75) is 12.8 Å². The molecular weight excluding hydrogens is 416 g/mol. The number of hydrogen-bond donors (Lipinski definition) is 2. The van der Waals surface area contributed by atoms with Gasteiger partial charge in [-0.2, -0.15) is 18.4 Å². The van der Waals surface area contributed by atoms with Crippen molar-refractivity contribution < 1.29 is 22.7 Å². The van der Waals surface area contributed by atoms with E-state index in [1.54, 1.807) is 0 Å². The van der Waals surface area contributed by atoms with Gasteiger partial charge in [-0.1, -0.05) is 0 Å². The predicted molar refractivity (Wildman–Crippen MR) is 102 cm³/mol. The van der Waals surface area contributed by atoms with Gasteiger partial charge in [0, 0.05) is 6.20 Å². The van der Waals surface area contributed by atoms with Crippen molar-refractivity contribution in [1.82, 2.24) is 19.4 Å². The number of fused-ring (bicyclic) bond motifs is 1. The van der Waals surface area contributed by atoms with Gasteiger partial charge in [0.05, 0.1) is 47.2 Å². The van der Waals surface area contributed by atoms with Crippen molar-refractivity contribution in [3.8, 4) is 17.5 Å². The average molecular weight is 428 g/mol. The Labute approximate surface area is 172 Å². The number of anilines is 2. The van der Waals surface area contributed by atoms with Gasteiger partial charge in [0.15, 0.2) is 0 Å². The summed E-state index contributed by atoms with van der Waals surface area (Å²) in [4.78, 5) is 12.0. The Morgan fingerprint density at radius 2 is 1.94 bits per heavy atom. The summed E-state index contributed by atoms with van der Waals surface area (Å²) in [6.45, 7) is -0.456. The second kappa shape index (κ2) is 7.66. The number of pyridine rings is 3. The first kappa shape index (κ1) is 20.2.